The van der Waals surface area contributed by atoms with E-state index in [-0.39, 0.29) is 23.0 Å². The summed E-state index contributed by atoms with van der Waals surface area (Å²) in [6.45, 7) is 3.65. The van der Waals surface area contributed by atoms with Gasteiger partial charge in [-0.15, -0.1) is 11.8 Å². The molecule has 26 heavy (non-hydrogen) atoms. The van der Waals surface area contributed by atoms with Crippen LogP contribution < -0.4 is 10.2 Å². The van der Waals surface area contributed by atoms with Crippen LogP contribution in [0.25, 0.3) is 0 Å². The Bertz CT molecular complexity index is 823. The van der Waals surface area contributed by atoms with Gasteiger partial charge in [0.2, 0.25) is 11.8 Å². The summed E-state index contributed by atoms with van der Waals surface area (Å²) < 4.78 is 13.9. The predicted molar refractivity (Wildman–Crippen MR) is 104 cm³/mol. The fourth-order valence-electron chi connectivity index (χ4n) is 2.86. The molecule has 1 saturated heterocycles. The predicted octanol–water partition coefficient (Wildman–Crippen LogP) is 4.65. The van der Waals surface area contributed by atoms with Crippen LogP contribution in [0.1, 0.15) is 36.3 Å². The summed E-state index contributed by atoms with van der Waals surface area (Å²) in [4.78, 5) is 25.7. The molecule has 1 aliphatic rings. The smallest absolute Gasteiger partial charge is 0.238 e. The number of anilines is 2. The van der Waals surface area contributed by atoms with Gasteiger partial charge < -0.3 is 5.32 Å². The SMILES string of the molecule is CCCC(=O)Nc1ccc([C@H]2SCC(=O)N2c2ccc(C)c(F)c2)cc1. The number of amides is 2. The number of nitrogens with zero attached hydrogens (tertiary/aromatic N) is 1. The van der Waals surface area contributed by atoms with Gasteiger partial charge in [0.25, 0.3) is 0 Å². The van der Waals surface area contributed by atoms with Crippen LogP contribution in [0, 0.1) is 12.7 Å². The molecule has 2 aromatic rings. The van der Waals surface area contributed by atoms with Crippen LogP contribution in [-0.2, 0) is 9.59 Å². The molecule has 0 radical (unpaired) electrons. The van der Waals surface area contributed by atoms with Gasteiger partial charge in [-0.1, -0.05) is 25.1 Å². The molecule has 0 saturated carbocycles. The number of carbonyl (C=O) groups is 2. The van der Waals surface area contributed by atoms with E-state index in [0.29, 0.717) is 23.4 Å². The number of thioether (sulfide) groups is 1. The first-order valence-electron chi connectivity index (χ1n) is 8.59. The van der Waals surface area contributed by atoms with Crippen molar-refractivity contribution < 1.29 is 14.0 Å². The molecular formula is C20H21FN2O2S. The minimum Gasteiger partial charge on any atom is -0.326 e. The first-order valence-corrected chi connectivity index (χ1v) is 9.64. The van der Waals surface area contributed by atoms with Crippen LogP contribution in [0.3, 0.4) is 0 Å². The third-order valence-corrected chi connectivity index (χ3v) is 5.47. The zero-order chi connectivity index (χ0) is 18.7. The van der Waals surface area contributed by atoms with Crippen LogP contribution >= 0.6 is 11.8 Å². The van der Waals surface area contributed by atoms with Crippen molar-refractivity contribution in [2.45, 2.75) is 32.1 Å². The number of aryl methyl sites for hydroxylation is 1. The summed E-state index contributed by atoms with van der Waals surface area (Å²) in [6, 6.07) is 12.3. The number of hydrogen-bond acceptors (Lipinski definition) is 3. The molecule has 1 atom stereocenters. The Balaban J connectivity index is 1.82. The summed E-state index contributed by atoms with van der Waals surface area (Å²) in [5, 5.41) is 2.65. The molecule has 0 aliphatic carbocycles. The van der Waals surface area contributed by atoms with Crippen molar-refractivity contribution in [3.05, 3.63) is 59.4 Å². The average Bonchev–Trinajstić information content (AvgIpc) is 3.00. The van der Waals surface area contributed by atoms with Crippen molar-refractivity contribution in [1.29, 1.82) is 0 Å². The van der Waals surface area contributed by atoms with Crippen LogP contribution in [-0.4, -0.2) is 17.6 Å². The molecule has 0 spiro atoms. The highest BCUT2D eigenvalue weighted by Crippen LogP contribution is 2.42. The van der Waals surface area contributed by atoms with E-state index < -0.39 is 0 Å². The van der Waals surface area contributed by atoms with E-state index in [9.17, 15) is 14.0 Å². The van der Waals surface area contributed by atoms with Gasteiger partial charge in [0.15, 0.2) is 0 Å². The number of carbonyl (C=O) groups excluding carboxylic acids is 2. The first-order chi connectivity index (χ1) is 12.5. The summed E-state index contributed by atoms with van der Waals surface area (Å²) >= 11 is 1.51. The van der Waals surface area contributed by atoms with Crippen molar-refractivity contribution in [2.75, 3.05) is 16.0 Å². The standard InChI is InChI=1S/C20H21FN2O2S/c1-3-4-18(24)22-15-8-6-14(7-9-15)20-23(19(25)12-26-20)16-10-5-13(2)17(21)11-16/h5-11,20H,3-4,12H2,1-2H3,(H,22,24)/t20-/m1/s1. The van der Waals surface area contributed by atoms with Gasteiger partial charge >= 0.3 is 0 Å². The number of rotatable bonds is 5. The van der Waals surface area contributed by atoms with Crippen LogP contribution in [0.2, 0.25) is 0 Å². The molecule has 4 nitrogen and oxygen atoms in total. The lowest BCUT2D eigenvalue weighted by Crippen LogP contribution is -2.27. The molecule has 6 heteroatoms. The van der Waals surface area contributed by atoms with E-state index >= 15 is 0 Å². The van der Waals surface area contributed by atoms with E-state index in [1.807, 2.05) is 31.2 Å². The maximum absolute atomic E-state index is 13.9. The largest absolute Gasteiger partial charge is 0.326 e. The Kier molecular flexibility index (Phi) is 5.61. The molecule has 0 aromatic heterocycles. The van der Waals surface area contributed by atoms with Gasteiger partial charge in [-0.25, -0.2) is 4.39 Å². The lowest BCUT2D eigenvalue weighted by molar-refractivity contribution is -0.116. The van der Waals surface area contributed by atoms with Gasteiger partial charge in [-0.3, -0.25) is 14.5 Å². The van der Waals surface area contributed by atoms with E-state index in [1.54, 1.807) is 24.0 Å². The molecule has 3 rings (SSSR count). The zero-order valence-corrected chi connectivity index (χ0v) is 15.6. The van der Waals surface area contributed by atoms with E-state index in [2.05, 4.69) is 5.32 Å². The first kappa shape index (κ1) is 18.5. The second kappa shape index (κ2) is 7.91. The van der Waals surface area contributed by atoms with E-state index in [0.717, 1.165) is 17.7 Å². The van der Waals surface area contributed by atoms with Crippen molar-refractivity contribution >= 4 is 35.0 Å². The normalized spacial score (nSPS) is 16.8. The zero-order valence-electron chi connectivity index (χ0n) is 14.8. The maximum atomic E-state index is 13.9. The Morgan fingerprint density at radius 2 is 2.00 bits per heavy atom. The average molecular weight is 372 g/mol. The second-order valence-corrected chi connectivity index (χ2v) is 7.35. The number of nitrogens with one attached hydrogen (secondary N) is 1. The summed E-state index contributed by atoms with van der Waals surface area (Å²) in [6.07, 6.45) is 1.29. The highest BCUT2D eigenvalue weighted by Gasteiger charge is 2.34. The Morgan fingerprint density at radius 1 is 1.27 bits per heavy atom. The fourth-order valence-corrected chi connectivity index (χ4v) is 4.04. The maximum Gasteiger partial charge on any atom is 0.238 e. The Hall–Kier alpha value is -2.34. The third kappa shape index (κ3) is 3.90. The van der Waals surface area contributed by atoms with Crippen molar-refractivity contribution in [3.8, 4) is 0 Å². The molecule has 2 amide bonds. The van der Waals surface area contributed by atoms with E-state index in [4.69, 9.17) is 0 Å². The molecule has 2 aromatic carbocycles. The van der Waals surface area contributed by atoms with Crippen molar-refractivity contribution in [2.24, 2.45) is 0 Å². The summed E-state index contributed by atoms with van der Waals surface area (Å²) in [7, 11) is 0. The molecule has 1 N–H and O–H groups in total. The minimum absolute atomic E-state index is 0.0116. The fraction of sp³-hybridized carbons (Fsp3) is 0.300. The monoisotopic (exact) mass is 372 g/mol. The topological polar surface area (TPSA) is 49.4 Å². The molecule has 1 aliphatic heterocycles. The molecule has 1 heterocycles. The molecule has 136 valence electrons. The van der Waals surface area contributed by atoms with E-state index in [1.165, 1.54) is 17.8 Å². The van der Waals surface area contributed by atoms with Crippen LogP contribution in [0.15, 0.2) is 42.5 Å². The molecule has 0 bridgehead atoms. The van der Waals surface area contributed by atoms with Crippen molar-refractivity contribution in [3.63, 3.8) is 0 Å². The highest BCUT2D eigenvalue weighted by molar-refractivity contribution is 8.00. The van der Waals surface area contributed by atoms with Gasteiger partial charge in [0, 0.05) is 17.8 Å². The Labute approximate surface area is 156 Å². The third-order valence-electron chi connectivity index (χ3n) is 4.26. The van der Waals surface area contributed by atoms with Gasteiger partial charge in [-0.2, -0.15) is 0 Å². The van der Waals surface area contributed by atoms with Crippen LogP contribution in [0.5, 0.6) is 0 Å². The highest BCUT2D eigenvalue weighted by atomic mass is 32.2. The molecule has 1 fully saturated rings. The van der Waals surface area contributed by atoms with Gasteiger partial charge in [0.05, 0.1) is 5.75 Å². The lowest BCUT2D eigenvalue weighted by atomic mass is 10.1. The Morgan fingerprint density at radius 3 is 2.65 bits per heavy atom. The number of halogens is 1. The van der Waals surface area contributed by atoms with Crippen LogP contribution in [0.4, 0.5) is 15.8 Å². The lowest BCUT2D eigenvalue weighted by Gasteiger charge is -2.24. The minimum atomic E-state index is -0.320. The number of benzene rings is 2. The van der Waals surface area contributed by atoms with Gasteiger partial charge in [-0.05, 0) is 48.7 Å². The molecular weight excluding hydrogens is 351 g/mol. The molecule has 0 unspecified atom stereocenters. The number of hydrogen-bond donors (Lipinski definition) is 1. The van der Waals surface area contributed by atoms with Crippen molar-refractivity contribution in [1.82, 2.24) is 0 Å². The second-order valence-electron chi connectivity index (χ2n) is 6.28. The quantitative estimate of drug-likeness (QED) is 0.831. The summed E-state index contributed by atoms with van der Waals surface area (Å²) in [5.41, 5.74) is 2.79. The van der Waals surface area contributed by atoms with Gasteiger partial charge in [0.1, 0.15) is 11.2 Å². The summed E-state index contributed by atoms with van der Waals surface area (Å²) in [5.74, 6) is -0.0132.